The highest BCUT2D eigenvalue weighted by molar-refractivity contribution is 6.06. The van der Waals surface area contributed by atoms with Crippen LogP contribution in [-0.4, -0.2) is 50.2 Å². The molecule has 3 aromatic carbocycles. The van der Waals surface area contributed by atoms with E-state index >= 15 is 0 Å². The maximum absolute atomic E-state index is 12.8. The van der Waals surface area contributed by atoms with E-state index in [2.05, 4.69) is 10.3 Å². The first kappa shape index (κ1) is 24.6. The van der Waals surface area contributed by atoms with Crippen molar-refractivity contribution < 1.29 is 34.8 Å². The van der Waals surface area contributed by atoms with Crippen LogP contribution in [0, 0.1) is 0 Å². The SMILES string of the molecule is CC1OC(c2cccc(O)c2O)=N[C@@H]1C(=O)CCCc1ccc(NC(=O)c2cccc(O)c2O)cc1. The summed E-state index contributed by atoms with van der Waals surface area (Å²) in [6.45, 7) is 1.74. The van der Waals surface area contributed by atoms with E-state index in [-0.39, 0.29) is 46.5 Å². The van der Waals surface area contributed by atoms with Crippen molar-refractivity contribution in [3.63, 3.8) is 0 Å². The number of benzene rings is 3. The van der Waals surface area contributed by atoms with E-state index in [1.807, 2.05) is 12.1 Å². The number of aryl methyl sites for hydroxylation is 1. The van der Waals surface area contributed by atoms with E-state index in [0.717, 1.165) is 5.56 Å². The fourth-order valence-electron chi connectivity index (χ4n) is 3.96. The van der Waals surface area contributed by atoms with Crippen molar-refractivity contribution in [2.75, 3.05) is 5.32 Å². The first-order chi connectivity index (χ1) is 17.2. The largest absolute Gasteiger partial charge is 0.504 e. The van der Waals surface area contributed by atoms with Gasteiger partial charge in [0.15, 0.2) is 28.8 Å². The number of ketones is 1. The zero-order valence-corrected chi connectivity index (χ0v) is 19.5. The molecule has 3 aromatic rings. The predicted octanol–water partition coefficient (Wildman–Crippen LogP) is 3.89. The summed E-state index contributed by atoms with van der Waals surface area (Å²) < 4.78 is 5.67. The molecule has 9 nitrogen and oxygen atoms in total. The number of hydrogen-bond acceptors (Lipinski definition) is 8. The Kier molecular flexibility index (Phi) is 7.10. The molecule has 0 spiro atoms. The summed E-state index contributed by atoms with van der Waals surface area (Å²) in [5.74, 6) is -1.97. The van der Waals surface area contributed by atoms with E-state index in [4.69, 9.17) is 4.74 Å². The van der Waals surface area contributed by atoms with E-state index < -0.39 is 23.8 Å². The number of Topliss-reactive ketones (excluding diaryl/α,β-unsaturated/α-hetero) is 1. The Morgan fingerprint density at radius 2 is 1.58 bits per heavy atom. The molecule has 1 heterocycles. The van der Waals surface area contributed by atoms with Crippen LogP contribution < -0.4 is 5.32 Å². The number of hydrogen-bond donors (Lipinski definition) is 5. The van der Waals surface area contributed by atoms with Gasteiger partial charge in [-0.3, -0.25) is 9.59 Å². The Morgan fingerprint density at radius 3 is 2.31 bits per heavy atom. The molecule has 9 heteroatoms. The van der Waals surface area contributed by atoms with Gasteiger partial charge in [-0.2, -0.15) is 0 Å². The van der Waals surface area contributed by atoms with Crippen molar-refractivity contribution in [1.29, 1.82) is 0 Å². The molecule has 4 rings (SSSR count). The van der Waals surface area contributed by atoms with Crippen LogP contribution in [0.15, 0.2) is 65.7 Å². The molecule has 2 atom stereocenters. The van der Waals surface area contributed by atoms with Crippen molar-refractivity contribution in [2.24, 2.45) is 4.99 Å². The number of nitrogens with one attached hydrogen (secondary N) is 1. The molecule has 0 fully saturated rings. The molecule has 36 heavy (non-hydrogen) atoms. The third-order valence-corrected chi connectivity index (χ3v) is 5.93. The second-order valence-electron chi connectivity index (χ2n) is 8.52. The van der Waals surface area contributed by atoms with Crippen LogP contribution in [0.1, 0.15) is 41.3 Å². The van der Waals surface area contributed by atoms with Gasteiger partial charge in [0.25, 0.3) is 5.91 Å². The molecule has 1 aliphatic rings. The van der Waals surface area contributed by atoms with Gasteiger partial charge in [-0.15, -0.1) is 0 Å². The van der Waals surface area contributed by atoms with E-state index in [9.17, 15) is 30.0 Å². The summed E-state index contributed by atoms with van der Waals surface area (Å²) in [7, 11) is 0. The number of ether oxygens (including phenoxy) is 1. The first-order valence-electron chi connectivity index (χ1n) is 11.4. The van der Waals surface area contributed by atoms with Crippen LogP contribution in [0.3, 0.4) is 0 Å². The Balaban J connectivity index is 1.30. The fourth-order valence-corrected chi connectivity index (χ4v) is 3.96. The third-order valence-electron chi connectivity index (χ3n) is 5.93. The van der Waals surface area contributed by atoms with Crippen LogP contribution in [0.4, 0.5) is 5.69 Å². The van der Waals surface area contributed by atoms with Gasteiger partial charge in [-0.1, -0.05) is 24.3 Å². The van der Waals surface area contributed by atoms with Gasteiger partial charge in [-0.25, -0.2) is 4.99 Å². The number of nitrogens with zero attached hydrogens (tertiary/aromatic N) is 1. The number of anilines is 1. The third kappa shape index (κ3) is 5.25. The molecular weight excluding hydrogens is 464 g/mol. The van der Waals surface area contributed by atoms with Crippen molar-refractivity contribution in [1.82, 2.24) is 0 Å². The maximum Gasteiger partial charge on any atom is 0.259 e. The zero-order valence-electron chi connectivity index (χ0n) is 19.5. The number of aromatic hydroxyl groups is 4. The van der Waals surface area contributed by atoms with Gasteiger partial charge in [0.1, 0.15) is 12.1 Å². The molecule has 1 amide bonds. The van der Waals surface area contributed by atoms with Gasteiger partial charge < -0.3 is 30.5 Å². The van der Waals surface area contributed by atoms with Crippen molar-refractivity contribution in [2.45, 2.75) is 38.3 Å². The van der Waals surface area contributed by atoms with Crippen LogP contribution in [0.5, 0.6) is 23.0 Å². The summed E-state index contributed by atoms with van der Waals surface area (Å²) >= 11 is 0. The topological polar surface area (TPSA) is 149 Å². The van der Waals surface area contributed by atoms with Crippen molar-refractivity contribution in [3.8, 4) is 23.0 Å². The smallest absolute Gasteiger partial charge is 0.259 e. The van der Waals surface area contributed by atoms with Crippen LogP contribution >= 0.6 is 0 Å². The highest BCUT2D eigenvalue weighted by Gasteiger charge is 2.34. The Labute approximate surface area is 207 Å². The van der Waals surface area contributed by atoms with Crippen LogP contribution in [0.2, 0.25) is 0 Å². The van der Waals surface area contributed by atoms with E-state index in [1.54, 1.807) is 31.2 Å². The summed E-state index contributed by atoms with van der Waals surface area (Å²) in [6.07, 6.45) is 1.03. The lowest BCUT2D eigenvalue weighted by Crippen LogP contribution is -2.27. The number of carbonyl (C=O) groups is 2. The molecule has 1 unspecified atom stereocenters. The quantitative estimate of drug-likeness (QED) is 0.301. The number of para-hydroxylation sites is 2. The number of aliphatic imine (C=N–C) groups is 1. The summed E-state index contributed by atoms with van der Waals surface area (Å²) in [5, 5.41) is 41.8. The van der Waals surface area contributed by atoms with E-state index in [0.29, 0.717) is 18.5 Å². The van der Waals surface area contributed by atoms with Gasteiger partial charge in [0.05, 0.1) is 11.1 Å². The minimum absolute atomic E-state index is 0.0344. The van der Waals surface area contributed by atoms with Crippen molar-refractivity contribution >= 4 is 23.3 Å². The monoisotopic (exact) mass is 490 g/mol. The number of carbonyl (C=O) groups excluding carboxylic acids is 2. The van der Waals surface area contributed by atoms with Gasteiger partial charge in [0.2, 0.25) is 5.90 Å². The van der Waals surface area contributed by atoms with Crippen LogP contribution in [-0.2, 0) is 16.0 Å². The maximum atomic E-state index is 12.8. The van der Waals surface area contributed by atoms with Gasteiger partial charge in [0, 0.05) is 12.1 Å². The standard InChI is InChI=1S/C27H26N2O7/c1-15-23(29-27(36-15)19-7-4-10-22(32)25(19)34)20(30)8-2-5-16-11-13-17(14-12-16)28-26(35)18-6-3-9-21(31)24(18)33/h3-4,6-7,9-15,23,31-34H,2,5,8H2,1H3,(H,28,35)/t15?,23-/m0/s1. The zero-order chi connectivity index (χ0) is 25.8. The summed E-state index contributed by atoms with van der Waals surface area (Å²) in [5.41, 5.74) is 1.71. The average molecular weight is 491 g/mol. The molecule has 0 radical (unpaired) electrons. The second-order valence-corrected chi connectivity index (χ2v) is 8.52. The minimum Gasteiger partial charge on any atom is -0.504 e. The fraction of sp³-hybridized carbons (Fsp3) is 0.222. The highest BCUT2D eigenvalue weighted by Crippen LogP contribution is 2.32. The summed E-state index contributed by atoms with van der Waals surface area (Å²) in [6, 6.07) is 15.1. The van der Waals surface area contributed by atoms with E-state index in [1.165, 1.54) is 24.3 Å². The number of rotatable bonds is 8. The van der Waals surface area contributed by atoms with Crippen LogP contribution in [0.25, 0.3) is 0 Å². The molecule has 5 N–H and O–H groups in total. The molecule has 0 bridgehead atoms. The average Bonchev–Trinajstić information content (AvgIpc) is 3.25. The lowest BCUT2D eigenvalue weighted by atomic mass is 10.0. The van der Waals surface area contributed by atoms with Gasteiger partial charge >= 0.3 is 0 Å². The summed E-state index contributed by atoms with van der Waals surface area (Å²) in [4.78, 5) is 29.4. The molecule has 186 valence electrons. The first-order valence-corrected chi connectivity index (χ1v) is 11.4. The lowest BCUT2D eigenvalue weighted by molar-refractivity contribution is -0.121. The Bertz CT molecular complexity index is 1320. The molecular formula is C27H26N2O7. The molecule has 0 aliphatic carbocycles. The molecule has 0 aromatic heterocycles. The Hall–Kier alpha value is -4.53. The normalized spacial score (nSPS) is 16.8. The number of phenolic OH excluding ortho intramolecular Hbond substituents is 4. The minimum atomic E-state index is -0.687. The lowest BCUT2D eigenvalue weighted by Gasteiger charge is -2.12. The molecule has 0 saturated heterocycles. The predicted molar refractivity (Wildman–Crippen MR) is 133 cm³/mol. The molecule has 1 aliphatic heterocycles. The second kappa shape index (κ2) is 10.4. The number of amides is 1. The number of phenols is 4. The van der Waals surface area contributed by atoms with Crippen molar-refractivity contribution in [3.05, 3.63) is 77.4 Å². The highest BCUT2D eigenvalue weighted by atomic mass is 16.5. The molecule has 0 saturated carbocycles. The Morgan fingerprint density at radius 1 is 0.917 bits per heavy atom. The van der Waals surface area contributed by atoms with Gasteiger partial charge in [-0.05, 0) is 61.7 Å².